The van der Waals surface area contributed by atoms with Crippen LogP contribution in [0, 0.1) is 5.92 Å². The molecule has 21 heavy (non-hydrogen) atoms. The Labute approximate surface area is 127 Å². The highest BCUT2D eigenvalue weighted by Crippen LogP contribution is 2.42. The van der Waals surface area contributed by atoms with E-state index >= 15 is 0 Å². The Kier molecular flexibility index (Phi) is 5.80. The highest BCUT2D eigenvalue weighted by atomic mass is 35.5. The SMILES string of the molecule is CNC(Cc1cccc(Cl)c1Cl)C(C(F)(F)F)C(F)(F)F. The van der Waals surface area contributed by atoms with E-state index in [0.717, 1.165) is 7.05 Å². The van der Waals surface area contributed by atoms with Gasteiger partial charge in [-0.25, -0.2) is 0 Å². The summed E-state index contributed by atoms with van der Waals surface area (Å²) in [4.78, 5) is 0. The molecule has 120 valence electrons. The van der Waals surface area contributed by atoms with Crippen LogP contribution in [0.2, 0.25) is 10.0 Å². The van der Waals surface area contributed by atoms with Gasteiger partial charge in [-0.05, 0) is 25.1 Å². The van der Waals surface area contributed by atoms with Crippen LogP contribution in [-0.2, 0) is 6.42 Å². The summed E-state index contributed by atoms with van der Waals surface area (Å²) < 4.78 is 76.3. The van der Waals surface area contributed by atoms with E-state index in [2.05, 4.69) is 5.32 Å². The average molecular weight is 354 g/mol. The average Bonchev–Trinajstić information content (AvgIpc) is 2.30. The lowest BCUT2D eigenvalue weighted by atomic mass is 9.92. The number of hydrogen-bond donors (Lipinski definition) is 1. The second kappa shape index (κ2) is 6.62. The summed E-state index contributed by atoms with van der Waals surface area (Å²) in [5.74, 6) is -3.50. The van der Waals surface area contributed by atoms with Gasteiger partial charge in [0, 0.05) is 6.04 Å². The largest absolute Gasteiger partial charge is 0.402 e. The summed E-state index contributed by atoms with van der Waals surface area (Å²) >= 11 is 11.5. The third-order valence-electron chi connectivity index (χ3n) is 2.95. The molecule has 0 heterocycles. The Morgan fingerprint density at radius 1 is 1.05 bits per heavy atom. The van der Waals surface area contributed by atoms with E-state index in [-0.39, 0.29) is 15.6 Å². The molecule has 1 atom stereocenters. The fraction of sp³-hybridized carbons (Fsp3) is 0.500. The molecular weight excluding hydrogens is 343 g/mol. The molecule has 1 nitrogen and oxygen atoms in total. The molecule has 0 bridgehead atoms. The number of alkyl halides is 6. The van der Waals surface area contributed by atoms with Gasteiger partial charge in [0.1, 0.15) is 0 Å². The van der Waals surface area contributed by atoms with E-state index in [1.54, 1.807) is 0 Å². The number of hydrogen-bond acceptors (Lipinski definition) is 1. The molecular formula is C12H11Cl2F6N. The van der Waals surface area contributed by atoms with Crippen molar-refractivity contribution in [1.82, 2.24) is 5.32 Å². The monoisotopic (exact) mass is 353 g/mol. The van der Waals surface area contributed by atoms with E-state index < -0.39 is 30.7 Å². The molecule has 0 aliphatic carbocycles. The Morgan fingerprint density at radius 2 is 1.57 bits per heavy atom. The van der Waals surface area contributed by atoms with E-state index in [1.807, 2.05) is 0 Å². The second-order valence-corrected chi connectivity index (χ2v) is 5.16. The lowest BCUT2D eigenvalue weighted by Crippen LogP contribution is -2.51. The topological polar surface area (TPSA) is 12.0 Å². The van der Waals surface area contributed by atoms with Crippen LogP contribution >= 0.6 is 23.2 Å². The van der Waals surface area contributed by atoms with Gasteiger partial charge in [0.2, 0.25) is 0 Å². The number of likely N-dealkylation sites (N-methyl/N-ethyl adjacent to an activating group) is 1. The number of rotatable bonds is 4. The lowest BCUT2D eigenvalue weighted by Gasteiger charge is -2.30. The maximum Gasteiger partial charge on any atom is 0.402 e. The first-order chi connectivity index (χ1) is 9.48. The standard InChI is InChI=1S/C12H11Cl2F6N/c1-21-8(10(11(15,16)17)12(18,19)20)5-6-3-2-4-7(13)9(6)14/h2-4,8,10,21H,5H2,1H3. The first-order valence-corrected chi connectivity index (χ1v) is 6.47. The van der Waals surface area contributed by atoms with Crippen molar-refractivity contribution in [3.05, 3.63) is 33.8 Å². The van der Waals surface area contributed by atoms with Crippen LogP contribution in [0.1, 0.15) is 5.56 Å². The summed E-state index contributed by atoms with van der Waals surface area (Å²) in [6.07, 6.45) is -11.4. The molecule has 9 heteroatoms. The fourth-order valence-electron chi connectivity index (χ4n) is 1.97. The van der Waals surface area contributed by atoms with Crippen LogP contribution in [0.4, 0.5) is 26.3 Å². The minimum atomic E-state index is -5.42. The smallest absolute Gasteiger partial charge is 0.316 e. The highest BCUT2D eigenvalue weighted by Gasteiger charge is 2.59. The first-order valence-electron chi connectivity index (χ1n) is 5.72. The molecule has 1 N–H and O–H groups in total. The molecule has 0 amide bonds. The van der Waals surface area contributed by atoms with Gasteiger partial charge in [-0.3, -0.25) is 0 Å². The summed E-state index contributed by atoms with van der Waals surface area (Å²) in [5.41, 5.74) is 0.113. The van der Waals surface area contributed by atoms with Crippen molar-refractivity contribution >= 4 is 23.2 Å². The Morgan fingerprint density at radius 3 is 2.00 bits per heavy atom. The van der Waals surface area contributed by atoms with Gasteiger partial charge >= 0.3 is 12.4 Å². The van der Waals surface area contributed by atoms with Crippen LogP contribution in [0.15, 0.2) is 18.2 Å². The first kappa shape index (κ1) is 18.4. The molecule has 0 spiro atoms. The minimum Gasteiger partial charge on any atom is -0.316 e. The van der Waals surface area contributed by atoms with Crippen molar-refractivity contribution in [2.24, 2.45) is 5.92 Å². The van der Waals surface area contributed by atoms with Crippen molar-refractivity contribution < 1.29 is 26.3 Å². The van der Waals surface area contributed by atoms with Gasteiger partial charge in [0.05, 0.1) is 10.0 Å². The molecule has 0 fully saturated rings. The molecule has 0 saturated heterocycles. The molecule has 1 rings (SSSR count). The van der Waals surface area contributed by atoms with Crippen molar-refractivity contribution in [2.75, 3.05) is 7.05 Å². The predicted octanol–water partition coefficient (Wildman–Crippen LogP) is 4.86. The normalized spacial score (nSPS) is 14.6. The summed E-state index contributed by atoms with van der Waals surface area (Å²) in [7, 11) is 1.04. The molecule has 0 radical (unpaired) electrons. The maximum absolute atomic E-state index is 12.7. The predicted molar refractivity (Wildman–Crippen MR) is 68.6 cm³/mol. The molecule has 0 aromatic heterocycles. The minimum absolute atomic E-state index is 0.0532. The van der Waals surface area contributed by atoms with Gasteiger partial charge in [0.25, 0.3) is 0 Å². The zero-order chi connectivity index (χ0) is 16.4. The molecule has 0 saturated carbocycles. The molecule has 1 aromatic carbocycles. The van der Waals surface area contributed by atoms with E-state index in [4.69, 9.17) is 23.2 Å². The zero-order valence-electron chi connectivity index (χ0n) is 10.6. The Hall–Kier alpha value is -0.660. The number of halogens is 8. The van der Waals surface area contributed by atoms with Crippen LogP contribution in [0.25, 0.3) is 0 Å². The summed E-state index contributed by atoms with van der Waals surface area (Å²) in [5, 5.41) is 2.08. The second-order valence-electron chi connectivity index (χ2n) is 4.37. The number of benzene rings is 1. The molecule has 0 aliphatic heterocycles. The molecule has 1 unspecified atom stereocenters. The van der Waals surface area contributed by atoms with Crippen molar-refractivity contribution in [3.63, 3.8) is 0 Å². The fourth-order valence-corrected chi connectivity index (χ4v) is 2.37. The summed E-state index contributed by atoms with van der Waals surface area (Å²) in [6.45, 7) is 0. The van der Waals surface area contributed by atoms with E-state index in [1.165, 1.54) is 18.2 Å². The molecule has 0 aliphatic rings. The van der Waals surface area contributed by atoms with Crippen molar-refractivity contribution in [1.29, 1.82) is 0 Å². The van der Waals surface area contributed by atoms with Crippen LogP contribution < -0.4 is 5.32 Å². The van der Waals surface area contributed by atoms with Crippen LogP contribution in [0.3, 0.4) is 0 Å². The van der Waals surface area contributed by atoms with Gasteiger partial charge < -0.3 is 5.32 Å². The van der Waals surface area contributed by atoms with E-state index in [9.17, 15) is 26.3 Å². The van der Waals surface area contributed by atoms with E-state index in [0.29, 0.717) is 0 Å². The van der Waals surface area contributed by atoms with Gasteiger partial charge in [-0.1, -0.05) is 35.3 Å². The van der Waals surface area contributed by atoms with Gasteiger partial charge in [-0.2, -0.15) is 26.3 Å². The number of nitrogens with one attached hydrogen (secondary N) is 1. The van der Waals surface area contributed by atoms with Crippen molar-refractivity contribution in [2.45, 2.75) is 24.8 Å². The Bertz CT molecular complexity index is 472. The quantitative estimate of drug-likeness (QED) is 0.762. The highest BCUT2D eigenvalue weighted by molar-refractivity contribution is 6.42. The third kappa shape index (κ3) is 4.66. The molecule has 1 aromatic rings. The lowest BCUT2D eigenvalue weighted by molar-refractivity contribution is -0.291. The van der Waals surface area contributed by atoms with Crippen LogP contribution in [0.5, 0.6) is 0 Å². The van der Waals surface area contributed by atoms with Crippen molar-refractivity contribution in [3.8, 4) is 0 Å². The zero-order valence-corrected chi connectivity index (χ0v) is 12.1. The van der Waals surface area contributed by atoms with Gasteiger partial charge in [-0.15, -0.1) is 0 Å². The summed E-state index contributed by atoms with van der Waals surface area (Å²) in [6, 6.07) is 2.24. The maximum atomic E-state index is 12.7. The van der Waals surface area contributed by atoms with Crippen LogP contribution in [-0.4, -0.2) is 25.4 Å². The third-order valence-corrected chi connectivity index (χ3v) is 3.81. The van der Waals surface area contributed by atoms with Gasteiger partial charge in [0.15, 0.2) is 5.92 Å². The Balaban J connectivity index is 3.14.